The van der Waals surface area contributed by atoms with Gasteiger partial charge in [0.2, 0.25) is 0 Å². The van der Waals surface area contributed by atoms with Crippen molar-refractivity contribution in [3.8, 4) is 17.3 Å². The van der Waals surface area contributed by atoms with Crippen molar-refractivity contribution < 1.29 is 9.53 Å². The fraction of sp³-hybridized carbons (Fsp3) is 0.227. The Bertz CT molecular complexity index is 1060. The van der Waals surface area contributed by atoms with Crippen molar-refractivity contribution in [1.29, 1.82) is 5.26 Å². The molecule has 2 aromatic carbocycles. The molecule has 0 bridgehead atoms. The summed E-state index contributed by atoms with van der Waals surface area (Å²) in [7, 11) is 1.73. The van der Waals surface area contributed by atoms with E-state index >= 15 is 0 Å². The Kier molecular flexibility index (Phi) is 5.38. The summed E-state index contributed by atoms with van der Waals surface area (Å²) in [6.45, 7) is 2.36. The second-order valence-corrected chi connectivity index (χ2v) is 6.87. The summed E-state index contributed by atoms with van der Waals surface area (Å²) < 4.78 is 7.29. The minimum Gasteiger partial charge on any atom is -0.371 e. The zero-order valence-corrected chi connectivity index (χ0v) is 16.1. The van der Waals surface area contributed by atoms with Crippen molar-refractivity contribution >= 4 is 11.6 Å². The molecule has 0 aliphatic carbocycles. The van der Waals surface area contributed by atoms with Crippen molar-refractivity contribution in [2.45, 2.75) is 6.10 Å². The highest BCUT2D eigenvalue weighted by Crippen LogP contribution is 2.23. The average molecular weight is 387 g/mol. The number of nitrogens with one attached hydrogen (secondary N) is 2. The fourth-order valence-electron chi connectivity index (χ4n) is 3.32. The van der Waals surface area contributed by atoms with E-state index in [9.17, 15) is 4.79 Å². The van der Waals surface area contributed by atoms with Crippen LogP contribution in [0.4, 0.5) is 5.69 Å². The first kappa shape index (κ1) is 18.9. The van der Waals surface area contributed by atoms with E-state index < -0.39 is 0 Å². The highest BCUT2D eigenvalue weighted by molar-refractivity contribution is 6.03. The van der Waals surface area contributed by atoms with Gasteiger partial charge in [-0.1, -0.05) is 24.3 Å². The third-order valence-electron chi connectivity index (χ3n) is 4.87. The maximum absolute atomic E-state index is 12.7. The number of aryl methyl sites for hydroxylation is 1. The van der Waals surface area contributed by atoms with E-state index in [1.807, 2.05) is 30.3 Å². The molecule has 4 rings (SSSR count). The number of nitriles is 1. The van der Waals surface area contributed by atoms with Crippen LogP contribution in [0.25, 0.3) is 11.3 Å². The van der Waals surface area contributed by atoms with Crippen LogP contribution in [0.1, 0.15) is 27.7 Å². The van der Waals surface area contributed by atoms with Crippen molar-refractivity contribution in [3.05, 3.63) is 71.4 Å². The van der Waals surface area contributed by atoms with Crippen LogP contribution >= 0.6 is 0 Å². The molecule has 1 saturated heterocycles. The Morgan fingerprint density at radius 2 is 2.10 bits per heavy atom. The molecule has 0 saturated carbocycles. The molecule has 1 aliphatic heterocycles. The van der Waals surface area contributed by atoms with Crippen molar-refractivity contribution in [1.82, 2.24) is 15.1 Å². The number of carbonyl (C=O) groups excluding carboxylic acids is 1. The first-order valence-corrected chi connectivity index (χ1v) is 9.42. The number of hydrogen-bond acceptors (Lipinski definition) is 5. The smallest absolute Gasteiger partial charge is 0.273 e. The number of aromatic nitrogens is 2. The van der Waals surface area contributed by atoms with Gasteiger partial charge >= 0.3 is 0 Å². The van der Waals surface area contributed by atoms with Crippen LogP contribution in [0.3, 0.4) is 0 Å². The van der Waals surface area contributed by atoms with Crippen LogP contribution in [0, 0.1) is 11.3 Å². The lowest BCUT2D eigenvalue weighted by atomic mass is 10.1. The van der Waals surface area contributed by atoms with E-state index in [2.05, 4.69) is 21.8 Å². The summed E-state index contributed by atoms with van der Waals surface area (Å²) in [5.41, 5.74) is 4.21. The standard InChI is InChI=1S/C22H21N5O2/c1-27-20(12-19(26-27)17-4-2-3-15(11-17)13-23)22(28)25-18-7-5-16(6-8-18)21-14-24-9-10-29-21/h2-8,11-12,21,24H,9-10,14H2,1H3,(H,25,28). The Hall–Kier alpha value is -3.47. The molecule has 1 unspecified atom stereocenters. The molecular formula is C22H21N5O2. The minimum atomic E-state index is -0.244. The first-order chi connectivity index (χ1) is 14.1. The van der Waals surface area contributed by atoms with Gasteiger partial charge in [0, 0.05) is 31.4 Å². The molecule has 1 amide bonds. The second kappa shape index (κ2) is 8.27. The molecule has 1 aliphatic rings. The third-order valence-corrected chi connectivity index (χ3v) is 4.87. The number of anilines is 1. The van der Waals surface area contributed by atoms with E-state index in [0.29, 0.717) is 29.2 Å². The van der Waals surface area contributed by atoms with Gasteiger partial charge in [-0.25, -0.2) is 0 Å². The lowest BCUT2D eigenvalue weighted by Crippen LogP contribution is -2.33. The molecule has 29 heavy (non-hydrogen) atoms. The average Bonchev–Trinajstić information content (AvgIpc) is 3.17. The van der Waals surface area contributed by atoms with Crippen molar-refractivity contribution in [3.63, 3.8) is 0 Å². The maximum atomic E-state index is 12.7. The number of nitrogens with zero attached hydrogens (tertiary/aromatic N) is 3. The fourth-order valence-corrected chi connectivity index (χ4v) is 3.32. The van der Waals surface area contributed by atoms with Gasteiger partial charge in [-0.15, -0.1) is 0 Å². The molecule has 7 nitrogen and oxygen atoms in total. The van der Waals surface area contributed by atoms with E-state index in [1.54, 1.807) is 36.0 Å². The van der Waals surface area contributed by atoms with Gasteiger partial charge in [-0.05, 0) is 35.9 Å². The highest BCUT2D eigenvalue weighted by atomic mass is 16.5. The lowest BCUT2D eigenvalue weighted by molar-refractivity contribution is 0.0277. The molecule has 1 aromatic heterocycles. The molecule has 1 fully saturated rings. The van der Waals surface area contributed by atoms with Crippen molar-refractivity contribution in [2.24, 2.45) is 7.05 Å². The summed E-state index contributed by atoms with van der Waals surface area (Å²) in [5, 5.41) is 19.7. The van der Waals surface area contributed by atoms with E-state index in [0.717, 1.165) is 24.2 Å². The van der Waals surface area contributed by atoms with Crippen molar-refractivity contribution in [2.75, 3.05) is 25.0 Å². The molecule has 146 valence electrons. The Labute approximate surface area is 168 Å². The quantitative estimate of drug-likeness (QED) is 0.718. The number of carbonyl (C=O) groups is 1. The van der Waals surface area contributed by atoms with Gasteiger partial charge in [0.1, 0.15) is 5.69 Å². The highest BCUT2D eigenvalue weighted by Gasteiger charge is 2.17. The van der Waals surface area contributed by atoms with Crippen LogP contribution < -0.4 is 10.6 Å². The van der Waals surface area contributed by atoms with E-state index in [-0.39, 0.29) is 12.0 Å². The SMILES string of the molecule is Cn1nc(-c2cccc(C#N)c2)cc1C(=O)Nc1ccc(C2CNCCO2)cc1. The maximum Gasteiger partial charge on any atom is 0.273 e. The Balaban J connectivity index is 1.48. The molecule has 7 heteroatoms. The number of amides is 1. The molecule has 0 radical (unpaired) electrons. The summed E-state index contributed by atoms with van der Waals surface area (Å²) in [6.07, 6.45) is 0.0392. The zero-order valence-electron chi connectivity index (χ0n) is 16.1. The molecule has 3 aromatic rings. The predicted molar refractivity (Wildman–Crippen MR) is 109 cm³/mol. The van der Waals surface area contributed by atoms with Crippen LogP contribution in [-0.4, -0.2) is 35.4 Å². The topological polar surface area (TPSA) is 92.0 Å². The monoisotopic (exact) mass is 387 g/mol. The number of rotatable bonds is 4. The summed E-state index contributed by atoms with van der Waals surface area (Å²) in [5.74, 6) is -0.244. The molecule has 1 atom stereocenters. The van der Waals surface area contributed by atoms with Crippen LogP contribution in [-0.2, 0) is 11.8 Å². The zero-order chi connectivity index (χ0) is 20.2. The van der Waals surface area contributed by atoms with Gasteiger partial charge < -0.3 is 15.4 Å². The van der Waals surface area contributed by atoms with Crippen LogP contribution in [0.2, 0.25) is 0 Å². The normalized spacial score (nSPS) is 16.2. The molecule has 0 spiro atoms. The van der Waals surface area contributed by atoms with Crippen LogP contribution in [0.15, 0.2) is 54.6 Å². The molecular weight excluding hydrogens is 366 g/mol. The number of hydrogen-bond donors (Lipinski definition) is 2. The van der Waals surface area contributed by atoms with Crippen LogP contribution in [0.5, 0.6) is 0 Å². The van der Waals surface area contributed by atoms with Gasteiger partial charge in [0.15, 0.2) is 0 Å². The predicted octanol–water partition coefficient (Wildman–Crippen LogP) is 2.87. The van der Waals surface area contributed by atoms with Gasteiger partial charge in [0.25, 0.3) is 5.91 Å². The van der Waals surface area contributed by atoms with Gasteiger partial charge in [0.05, 0.1) is 30.0 Å². The summed E-state index contributed by atoms with van der Waals surface area (Å²) in [6, 6.07) is 18.7. The number of morpholine rings is 1. The lowest BCUT2D eigenvalue weighted by Gasteiger charge is -2.24. The first-order valence-electron chi connectivity index (χ1n) is 9.42. The summed E-state index contributed by atoms with van der Waals surface area (Å²) >= 11 is 0. The largest absolute Gasteiger partial charge is 0.371 e. The van der Waals surface area contributed by atoms with Gasteiger partial charge in [-0.2, -0.15) is 10.4 Å². The van der Waals surface area contributed by atoms with Gasteiger partial charge in [-0.3, -0.25) is 9.48 Å². The van der Waals surface area contributed by atoms with E-state index in [4.69, 9.17) is 10.00 Å². The Morgan fingerprint density at radius 3 is 2.83 bits per heavy atom. The minimum absolute atomic E-state index is 0.0392. The number of benzene rings is 2. The summed E-state index contributed by atoms with van der Waals surface area (Å²) in [4.78, 5) is 12.7. The second-order valence-electron chi connectivity index (χ2n) is 6.87. The Morgan fingerprint density at radius 1 is 1.28 bits per heavy atom. The molecule has 2 heterocycles. The third kappa shape index (κ3) is 4.19. The molecule has 2 N–H and O–H groups in total. The van der Waals surface area contributed by atoms with E-state index in [1.165, 1.54) is 0 Å². The number of ether oxygens (including phenoxy) is 1.